The molecule has 1 N–H and O–H groups in total. The standard InChI is InChI=1S/C24H28F2N2O4/c1-17(29)28-14-11-24(12-15-28,19-6-4-3-5-7-19)22(30)27-13-10-18-8-9-20(31-2)21(16-18)32-23(25)26/h3-9,16,23H,10-15H2,1-2H3,(H,27,30). The van der Waals surface area contributed by atoms with Crippen LogP contribution in [0.3, 0.4) is 0 Å². The molecule has 1 aliphatic heterocycles. The van der Waals surface area contributed by atoms with E-state index in [9.17, 15) is 18.4 Å². The first-order valence-corrected chi connectivity index (χ1v) is 10.6. The predicted octanol–water partition coefficient (Wildman–Crippen LogP) is 3.54. The van der Waals surface area contributed by atoms with Crippen LogP contribution in [0.5, 0.6) is 11.5 Å². The second-order valence-electron chi connectivity index (χ2n) is 7.82. The Bertz CT molecular complexity index is 929. The summed E-state index contributed by atoms with van der Waals surface area (Å²) >= 11 is 0. The minimum atomic E-state index is -2.95. The van der Waals surface area contributed by atoms with Gasteiger partial charge in [0.05, 0.1) is 12.5 Å². The fourth-order valence-electron chi connectivity index (χ4n) is 4.16. The van der Waals surface area contributed by atoms with E-state index in [1.807, 2.05) is 30.3 Å². The number of benzene rings is 2. The summed E-state index contributed by atoms with van der Waals surface area (Å²) in [7, 11) is 1.38. The normalized spacial score (nSPS) is 15.3. The van der Waals surface area contributed by atoms with Crippen molar-refractivity contribution < 1.29 is 27.8 Å². The number of nitrogens with zero attached hydrogens (tertiary/aromatic N) is 1. The van der Waals surface area contributed by atoms with E-state index in [0.717, 1.165) is 11.1 Å². The van der Waals surface area contributed by atoms with Gasteiger partial charge in [-0.25, -0.2) is 0 Å². The molecule has 1 heterocycles. The smallest absolute Gasteiger partial charge is 0.387 e. The third kappa shape index (κ3) is 5.36. The van der Waals surface area contributed by atoms with E-state index in [1.54, 1.807) is 17.0 Å². The molecule has 1 saturated heterocycles. The van der Waals surface area contributed by atoms with Gasteiger partial charge in [-0.2, -0.15) is 8.78 Å². The molecule has 0 radical (unpaired) electrons. The van der Waals surface area contributed by atoms with Crippen molar-refractivity contribution in [1.29, 1.82) is 0 Å². The van der Waals surface area contributed by atoms with Gasteiger partial charge in [-0.3, -0.25) is 9.59 Å². The summed E-state index contributed by atoms with van der Waals surface area (Å²) in [5.41, 5.74) is 0.955. The number of rotatable bonds is 8. The highest BCUT2D eigenvalue weighted by Crippen LogP contribution is 2.36. The lowest BCUT2D eigenvalue weighted by Crippen LogP contribution is -2.52. The largest absolute Gasteiger partial charge is 0.493 e. The minimum Gasteiger partial charge on any atom is -0.493 e. The summed E-state index contributed by atoms with van der Waals surface area (Å²) in [6.07, 6.45) is 1.52. The molecule has 0 aliphatic carbocycles. The molecule has 0 spiro atoms. The summed E-state index contributed by atoms with van der Waals surface area (Å²) in [4.78, 5) is 26.8. The lowest BCUT2D eigenvalue weighted by molar-refractivity contribution is -0.135. The number of carbonyl (C=O) groups excluding carboxylic acids is 2. The zero-order valence-electron chi connectivity index (χ0n) is 18.3. The molecular formula is C24H28F2N2O4. The van der Waals surface area contributed by atoms with Crippen LogP contribution in [-0.2, 0) is 21.4 Å². The van der Waals surface area contributed by atoms with Crippen molar-refractivity contribution in [3.63, 3.8) is 0 Å². The first kappa shape index (κ1) is 23.5. The summed E-state index contributed by atoms with van der Waals surface area (Å²) in [5, 5.41) is 3.01. The predicted molar refractivity (Wildman–Crippen MR) is 116 cm³/mol. The number of piperidine rings is 1. The van der Waals surface area contributed by atoms with Crippen molar-refractivity contribution in [1.82, 2.24) is 10.2 Å². The number of hydrogen-bond acceptors (Lipinski definition) is 4. The van der Waals surface area contributed by atoms with Gasteiger partial charge < -0.3 is 19.7 Å². The van der Waals surface area contributed by atoms with E-state index in [0.29, 0.717) is 38.9 Å². The fraction of sp³-hybridized carbons (Fsp3) is 0.417. The monoisotopic (exact) mass is 446 g/mol. The van der Waals surface area contributed by atoms with Crippen molar-refractivity contribution in [3.8, 4) is 11.5 Å². The summed E-state index contributed by atoms with van der Waals surface area (Å²) in [6, 6.07) is 14.4. The van der Waals surface area contributed by atoms with Crippen LogP contribution in [0.2, 0.25) is 0 Å². The Morgan fingerprint density at radius 1 is 1.09 bits per heavy atom. The van der Waals surface area contributed by atoms with Gasteiger partial charge in [0.15, 0.2) is 11.5 Å². The summed E-state index contributed by atoms with van der Waals surface area (Å²) < 4.78 is 34.9. The van der Waals surface area contributed by atoms with Crippen LogP contribution < -0.4 is 14.8 Å². The number of halogens is 2. The van der Waals surface area contributed by atoms with Crippen molar-refractivity contribution in [2.75, 3.05) is 26.7 Å². The van der Waals surface area contributed by atoms with Gasteiger partial charge >= 0.3 is 6.61 Å². The van der Waals surface area contributed by atoms with Crippen molar-refractivity contribution in [3.05, 3.63) is 59.7 Å². The second kappa shape index (κ2) is 10.4. The highest BCUT2D eigenvalue weighted by molar-refractivity contribution is 5.88. The average molecular weight is 446 g/mol. The number of ether oxygens (including phenoxy) is 2. The Labute approximate surface area is 186 Å². The van der Waals surface area contributed by atoms with Crippen LogP contribution in [0.15, 0.2) is 48.5 Å². The van der Waals surface area contributed by atoms with E-state index < -0.39 is 12.0 Å². The van der Waals surface area contributed by atoms with Crippen LogP contribution in [0, 0.1) is 0 Å². The zero-order chi connectivity index (χ0) is 23.1. The fourth-order valence-corrected chi connectivity index (χ4v) is 4.16. The van der Waals surface area contributed by atoms with E-state index in [4.69, 9.17) is 4.74 Å². The van der Waals surface area contributed by atoms with Crippen LogP contribution in [0.25, 0.3) is 0 Å². The lowest BCUT2D eigenvalue weighted by atomic mass is 9.72. The van der Waals surface area contributed by atoms with Crippen LogP contribution >= 0.6 is 0 Å². The first-order chi connectivity index (χ1) is 15.4. The molecule has 0 atom stereocenters. The maximum atomic E-state index is 13.3. The molecule has 3 rings (SSSR count). The van der Waals surface area contributed by atoms with Gasteiger partial charge in [0.2, 0.25) is 11.8 Å². The Kier molecular flexibility index (Phi) is 7.66. The Morgan fingerprint density at radius 2 is 1.78 bits per heavy atom. The van der Waals surface area contributed by atoms with Crippen LogP contribution in [0.4, 0.5) is 8.78 Å². The molecule has 1 fully saturated rings. The molecule has 6 nitrogen and oxygen atoms in total. The van der Waals surface area contributed by atoms with Gasteiger partial charge in [0.1, 0.15) is 0 Å². The van der Waals surface area contributed by atoms with Crippen LogP contribution in [-0.4, -0.2) is 50.1 Å². The van der Waals surface area contributed by atoms with Crippen LogP contribution in [0.1, 0.15) is 30.9 Å². The maximum Gasteiger partial charge on any atom is 0.387 e. The zero-order valence-corrected chi connectivity index (χ0v) is 18.3. The summed E-state index contributed by atoms with van der Waals surface area (Å²) in [5.74, 6) is 0.0971. The number of hydrogen-bond donors (Lipinski definition) is 1. The first-order valence-electron chi connectivity index (χ1n) is 10.6. The molecule has 2 amide bonds. The highest BCUT2D eigenvalue weighted by Gasteiger charge is 2.43. The second-order valence-corrected chi connectivity index (χ2v) is 7.82. The SMILES string of the molecule is COc1ccc(CCNC(=O)C2(c3ccccc3)CCN(C(C)=O)CC2)cc1OC(F)F. The van der Waals surface area contributed by atoms with E-state index in [-0.39, 0.29) is 23.3 Å². The van der Waals surface area contributed by atoms with Gasteiger partial charge in [-0.05, 0) is 42.5 Å². The molecule has 2 aromatic rings. The molecule has 0 bridgehead atoms. The maximum absolute atomic E-state index is 13.3. The van der Waals surface area contributed by atoms with Gasteiger partial charge in [0.25, 0.3) is 0 Å². The number of likely N-dealkylation sites (tertiary alicyclic amines) is 1. The molecule has 0 aromatic heterocycles. The Balaban J connectivity index is 1.69. The Hall–Kier alpha value is -3.16. The number of nitrogens with one attached hydrogen (secondary N) is 1. The van der Waals surface area contributed by atoms with Gasteiger partial charge in [-0.1, -0.05) is 36.4 Å². The number of methoxy groups -OCH3 is 1. The molecule has 0 unspecified atom stereocenters. The highest BCUT2D eigenvalue weighted by atomic mass is 19.3. The molecule has 2 aromatic carbocycles. The molecule has 1 aliphatic rings. The number of amides is 2. The molecule has 32 heavy (non-hydrogen) atoms. The molecular weight excluding hydrogens is 418 g/mol. The molecule has 172 valence electrons. The van der Waals surface area contributed by atoms with Gasteiger partial charge in [-0.15, -0.1) is 0 Å². The Morgan fingerprint density at radius 3 is 2.38 bits per heavy atom. The van der Waals surface area contributed by atoms with Crippen molar-refractivity contribution >= 4 is 11.8 Å². The topological polar surface area (TPSA) is 67.9 Å². The number of carbonyl (C=O) groups is 2. The van der Waals surface area contributed by atoms with E-state index >= 15 is 0 Å². The lowest BCUT2D eigenvalue weighted by Gasteiger charge is -2.40. The summed E-state index contributed by atoms with van der Waals surface area (Å²) in [6.45, 7) is -0.0409. The third-order valence-electron chi connectivity index (χ3n) is 5.97. The minimum absolute atomic E-state index is 0.00777. The van der Waals surface area contributed by atoms with Crippen molar-refractivity contribution in [2.45, 2.75) is 38.2 Å². The van der Waals surface area contributed by atoms with E-state index in [2.05, 4.69) is 10.1 Å². The number of alkyl halides is 2. The molecule has 8 heteroatoms. The third-order valence-corrected chi connectivity index (χ3v) is 5.97. The quantitative estimate of drug-likeness (QED) is 0.674. The van der Waals surface area contributed by atoms with E-state index in [1.165, 1.54) is 20.1 Å². The van der Waals surface area contributed by atoms with Crippen molar-refractivity contribution in [2.24, 2.45) is 0 Å². The average Bonchev–Trinajstić information content (AvgIpc) is 2.79. The van der Waals surface area contributed by atoms with Gasteiger partial charge in [0, 0.05) is 26.6 Å². The molecule has 0 saturated carbocycles.